The summed E-state index contributed by atoms with van der Waals surface area (Å²) in [6, 6.07) is -13.0. The quantitative estimate of drug-likeness (QED) is 0.0701. The van der Waals surface area contributed by atoms with Gasteiger partial charge in [-0.1, -0.05) is 101 Å². The Morgan fingerprint density at radius 3 is 1.57 bits per heavy atom. The predicted octanol–water partition coefficient (Wildman–Crippen LogP) is 4.38. The lowest BCUT2D eigenvalue weighted by Gasteiger charge is -2.41. The molecular formula is C72H128N12O14S. The Balaban J connectivity index is 3.17. The molecular weight excluding hydrogens is 1290 g/mol. The Bertz CT molecular complexity index is 2720. The van der Waals surface area contributed by atoms with Crippen LogP contribution in [-0.4, -0.2) is 281 Å². The fraction of sp³-hybridized carbons (Fsp3) is 0.792. The number of carbonyl (C=O) groups excluding carboxylic acids is 11. The van der Waals surface area contributed by atoms with Gasteiger partial charge in [-0.25, -0.2) is 0 Å². The van der Waals surface area contributed by atoms with Crippen molar-refractivity contribution in [3.05, 3.63) is 24.8 Å². The molecule has 2 heterocycles. The van der Waals surface area contributed by atoms with Crippen LogP contribution in [-0.2, 0) is 62.2 Å². The number of allylic oxidation sites excluding steroid dienone is 2. The zero-order chi connectivity index (χ0) is 75.8. The highest BCUT2D eigenvalue weighted by Crippen LogP contribution is 2.29. The van der Waals surface area contributed by atoms with Crippen molar-refractivity contribution in [2.45, 2.75) is 240 Å². The van der Waals surface area contributed by atoms with Crippen LogP contribution in [0.25, 0.3) is 0 Å². The van der Waals surface area contributed by atoms with E-state index in [4.69, 9.17) is 9.47 Å². The molecule has 2 saturated heterocycles. The van der Waals surface area contributed by atoms with Gasteiger partial charge in [-0.05, 0) is 121 Å². The third-order valence-corrected chi connectivity index (χ3v) is 20.1. The Morgan fingerprint density at radius 1 is 0.576 bits per heavy atom. The summed E-state index contributed by atoms with van der Waals surface area (Å²) >= 11 is 1.17. The van der Waals surface area contributed by atoms with Crippen molar-refractivity contribution in [1.29, 1.82) is 0 Å². The first-order chi connectivity index (χ1) is 46.0. The van der Waals surface area contributed by atoms with Gasteiger partial charge in [0.25, 0.3) is 5.91 Å². The highest BCUT2D eigenvalue weighted by molar-refractivity contribution is 8.00. The van der Waals surface area contributed by atoms with Gasteiger partial charge in [0.2, 0.25) is 59.1 Å². The number of morpholine rings is 1. The minimum Gasteiger partial charge on any atom is -0.390 e. The van der Waals surface area contributed by atoms with Gasteiger partial charge in [-0.2, -0.15) is 0 Å². The summed E-state index contributed by atoms with van der Waals surface area (Å²) in [4.78, 5) is 177. The number of hydrogen-bond donors (Lipinski definition) is 5. The second-order valence-corrected chi connectivity index (χ2v) is 30.9. The Morgan fingerprint density at radius 2 is 1.06 bits per heavy atom. The summed E-state index contributed by atoms with van der Waals surface area (Å²) in [5, 5.41) is 22.3. The lowest BCUT2D eigenvalue weighted by atomic mass is 9.91. The first kappa shape index (κ1) is 88.9. The smallest absolute Gasteiger partial charge is 0.256 e. The highest BCUT2D eigenvalue weighted by Gasteiger charge is 2.47. The molecule has 0 aliphatic carbocycles. The van der Waals surface area contributed by atoms with Gasteiger partial charge < -0.3 is 70.1 Å². The number of amides is 11. The number of nitrogens with one attached hydrogen (secondary N) is 4. The summed E-state index contributed by atoms with van der Waals surface area (Å²) in [6.45, 7) is 36.8. The SMILES string of the molecule is C=CCOC(C)(C)C[C@H]1C(=O)N[C@@H](C(C)C)C(=O)N(C)[C@@H](CC(C)C)C(=O)N[C@@H](C)C(=O)N[C@H](C)C(=O)N(C)[C@@H](CC(C)C)C(=O)N(C)[C@@H](CC(C)C)C(=O)N(C)[C@@H](C(C)C)C(=O)N(C)[C@@H]([C@H](O)[C@H](C)C/C=C/C)C(=O)N[C@@H](CC)C(=O)N(C)[C@H](SCCCN2CCOCC2)C(=O)N1C. The monoisotopic (exact) mass is 1420 g/mol. The number of rotatable bonds is 23. The van der Waals surface area contributed by atoms with E-state index in [1.54, 1.807) is 74.5 Å². The molecule has 2 aliphatic heterocycles. The minimum atomic E-state index is -1.66. The molecule has 0 bridgehead atoms. The average molecular weight is 1420 g/mol. The maximum atomic E-state index is 15.7. The zero-order valence-electron chi connectivity index (χ0n) is 64.5. The van der Waals surface area contributed by atoms with Crippen LogP contribution in [0.5, 0.6) is 0 Å². The van der Waals surface area contributed by atoms with Crippen molar-refractivity contribution >= 4 is 76.7 Å². The van der Waals surface area contributed by atoms with E-state index in [9.17, 15) is 19.5 Å². The van der Waals surface area contributed by atoms with E-state index in [1.165, 1.54) is 104 Å². The summed E-state index contributed by atoms with van der Waals surface area (Å²) in [5.41, 5.74) is -1.11. The Kier molecular flexibility index (Phi) is 37.4. The number of aliphatic hydroxyl groups is 1. The molecule has 0 aromatic heterocycles. The van der Waals surface area contributed by atoms with E-state index in [-0.39, 0.29) is 62.9 Å². The first-order valence-electron chi connectivity index (χ1n) is 35.6. The number of ether oxygens (including phenoxy) is 2. The van der Waals surface area contributed by atoms with E-state index in [2.05, 4.69) is 32.7 Å². The minimum absolute atomic E-state index is 0.0229. The van der Waals surface area contributed by atoms with E-state index in [1.807, 2.05) is 47.6 Å². The van der Waals surface area contributed by atoms with E-state index >= 15 is 38.4 Å². The molecule has 0 aromatic rings. The summed E-state index contributed by atoms with van der Waals surface area (Å²) in [5.74, 6) is -9.72. The van der Waals surface area contributed by atoms with Crippen molar-refractivity contribution < 1.29 is 67.3 Å². The van der Waals surface area contributed by atoms with Gasteiger partial charge in [-0.15, -0.1) is 18.3 Å². The van der Waals surface area contributed by atoms with Crippen LogP contribution in [0.3, 0.4) is 0 Å². The van der Waals surface area contributed by atoms with Crippen LogP contribution in [0.1, 0.15) is 163 Å². The zero-order valence-corrected chi connectivity index (χ0v) is 65.3. The summed E-state index contributed by atoms with van der Waals surface area (Å²) < 4.78 is 11.8. The van der Waals surface area contributed by atoms with E-state index < -0.39 is 160 Å². The maximum Gasteiger partial charge on any atom is 0.256 e. The van der Waals surface area contributed by atoms with Crippen LogP contribution in [0.4, 0.5) is 0 Å². The molecule has 2 aliphatic rings. The number of hydrogen-bond acceptors (Lipinski definition) is 16. The summed E-state index contributed by atoms with van der Waals surface area (Å²) in [6.07, 6.45) is 4.73. The molecule has 0 aromatic carbocycles. The molecule has 0 spiro atoms. The summed E-state index contributed by atoms with van der Waals surface area (Å²) in [7, 11) is 10.0. The van der Waals surface area contributed by atoms with Gasteiger partial charge in [-0.3, -0.25) is 57.6 Å². The average Bonchev–Trinajstić information content (AvgIpc) is 0.808. The third-order valence-electron chi connectivity index (χ3n) is 18.8. The maximum absolute atomic E-state index is 15.7. The van der Waals surface area contributed by atoms with Crippen LogP contribution in [0, 0.1) is 35.5 Å². The van der Waals surface area contributed by atoms with Crippen molar-refractivity contribution in [3.8, 4) is 0 Å². The first-order valence-corrected chi connectivity index (χ1v) is 36.6. The number of thioether (sulfide) groups is 1. The fourth-order valence-electron chi connectivity index (χ4n) is 12.5. The largest absolute Gasteiger partial charge is 0.390 e. The second-order valence-electron chi connectivity index (χ2n) is 29.8. The van der Waals surface area contributed by atoms with Gasteiger partial charge in [0, 0.05) is 68.8 Å². The number of carbonyl (C=O) groups is 11. The van der Waals surface area contributed by atoms with E-state index in [0.717, 1.165) is 4.90 Å². The molecule has 99 heavy (non-hydrogen) atoms. The van der Waals surface area contributed by atoms with Crippen LogP contribution < -0.4 is 21.3 Å². The predicted molar refractivity (Wildman–Crippen MR) is 387 cm³/mol. The molecule has 26 nitrogen and oxygen atoms in total. The van der Waals surface area contributed by atoms with Crippen LogP contribution >= 0.6 is 11.8 Å². The Labute approximate surface area is 596 Å². The number of likely N-dealkylation sites (N-methyl/N-ethyl adjacent to an activating group) is 7. The van der Waals surface area contributed by atoms with Crippen molar-refractivity contribution in [2.75, 3.05) is 94.5 Å². The lowest BCUT2D eigenvalue weighted by molar-refractivity contribution is -0.157. The van der Waals surface area contributed by atoms with Crippen molar-refractivity contribution in [2.24, 2.45) is 35.5 Å². The van der Waals surface area contributed by atoms with Gasteiger partial charge >= 0.3 is 0 Å². The highest BCUT2D eigenvalue weighted by atomic mass is 32.2. The fourth-order valence-corrected chi connectivity index (χ4v) is 13.7. The van der Waals surface area contributed by atoms with Crippen LogP contribution in [0.15, 0.2) is 24.8 Å². The molecule has 2 fully saturated rings. The molecule has 5 N–H and O–H groups in total. The van der Waals surface area contributed by atoms with Gasteiger partial charge in [0.15, 0.2) is 5.37 Å². The molecule has 0 saturated carbocycles. The third kappa shape index (κ3) is 26.0. The molecule has 13 atom stereocenters. The molecule has 2 rings (SSSR count). The standard InChI is InChI=1S/C72H128N12O14S/c1-26-29-31-48(14)59(85)58-63(89)75-51(28-3)65(91)83(25)71(99-38-30-32-84-33-36-97-37-34-84)70(96)80(22)55(42-72(17,18)98-35-27-2)62(88)76-56(46(10)11)68(94)77(19)52(39-43(4)5)61(87)73-49(15)60(86)74-50(16)64(90)78(20)53(40-44(6)7)66(92)79(21)54(41-45(8)9)67(93)81(23)57(47(12)13)69(95)82(58)24/h26-27,29,43-59,71,85H,2,28,30-42H2,1,3-25H3,(H,73,87)(H,74,86)(H,75,89)(H,76,88)/b29-26+/t48-,49+,50-,51+,52+,53+,54+,55+,56+,57+,58+,59-,71-/m1/s1. The van der Waals surface area contributed by atoms with Crippen molar-refractivity contribution in [3.63, 3.8) is 0 Å². The van der Waals surface area contributed by atoms with E-state index in [0.29, 0.717) is 45.0 Å². The Hall–Kier alpha value is -6.16. The molecule has 27 heteroatoms. The van der Waals surface area contributed by atoms with Gasteiger partial charge in [0.1, 0.15) is 60.4 Å². The molecule has 11 amide bonds. The van der Waals surface area contributed by atoms with Gasteiger partial charge in [0.05, 0.1) is 31.5 Å². The normalized spacial score (nSPS) is 26.7. The topological polar surface area (TPSA) is 301 Å². The lowest BCUT2D eigenvalue weighted by Crippen LogP contribution is -2.64. The number of nitrogens with zero attached hydrogens (tertiary/aromatic N) is 8. The molecule has 566 valence electrons. The number of aliphatic hydroxyl groups excluding tert-OH is 1. The second kappa shape index (κ2) is 41.7. The van der Waals surface area contributed by atoms with Crippen molar-refractivity contribution in [1.82, 2.24) is 60.5 Å². The van der Waals surface area contributed by atoms with Crippen LogP contribution in [0.2, 0.25) is 0 Å². The molecule has 0 unspecified atom stereocenters. The molecule has 0 radical (unpaired) electrons.